The van der Waals surface area contributed by atoms with Crippen LogP contribution < -0.4 is 5.32 Å². The van der Waals surface area contributed by atoms with Crippen LogP contribution in [0.2, 0.25) is 0 Å². The first-order chi connectivity index (χ1) is 10.8. The van der Waals surface area contributed by atoms with Gasteiger partial charge in [0.1, 0.15) is 5.82 Å². The summed E-state index contributed by atoms with van der Waals surface area (Å²) in [5.74, 6) is -0.159. The van der Waals surface area contributed by atoms with E-state index in [1.807, 2.05) is 12.1 Å². The van der Waals surface area contributed by atoms with E-state index in [9.17, 15) is 4.39 Å². The van der Waals surface area contributed by atoms with Crippen LogP contribution in [-0.2, 0) is 12.8 Å². The number of aromatic amines is 1. The zero-order chi connectivity index (χ0) is 14.9. The van der Waals surface area contributed by atoms with Crippen LogP contribution in [0.15, 0.2) is 48.5 Å². The molecule has 2 aromatic carbocycles. The summed E-state index contributed by atoms with van der Waals surface area (Å²) < 4.78 is 13.5. The summed E-state index contributed by atoms with van der Waals surface area (Å²) in [4.78, 5) is 3.50. The molecule has 0 amide bonds. The van der Waals surface area contributed by atoms with Crippen LogP contribution in [0.25, 0.3) is 10.9 Å². The molecular formula is C19H19FN2. The lowest BCUT2D eigenvalue weighted by atomic mass is 9.95. The van der Waals surface area contributed by atoms with Crippen molar-refractivity contribution in [1.82, 2.24) is 10.3 Å². The second-order valence-corrected chi connectivity index (χ2v) is 5.99. The molecule has 22 heavy (non-hydrogen) atoms. The van der Waals surface area contributed by atoms with Crippen LogP contribution in [0.4, 0.5) is 4.39 Å². The number of benzene rings is 2. The van der Waals surface area contributed by atoms with Crippen LogP contribution in [0, 0.1) is 5.82 Å². The second kappa shape index (κ2) is 5.58. The molecule has 0 aliphatic carbocycles. The first-order valence-electron chi connectivity index (χ1n) is 7.88. The van der Waals surface area contributed by atoms with Crippen molar-refractivity contribution in [2.45, 2.75) is 25.3 Å². The largest absolute Gasteiger partial charge is 0.357 e. The molecule has 0 fully saturated rings. The summed E-state index contributed by atoms with van der Waals surface area (Å²) in [5, 5.41) is 4.64. The van der Waals surface area contributed by atoms with Crippen LogP contribution in [0.1, 0.15) is 29.3 Å². The molecule has 0 bridgehead atoms. The first-order valence-corrected chi connectivity index (χ1v) is 7.88. The number of rotatable bonds is 3. The summed E-state index contributed by atoms with van der Waals surface area (Å²) in [6.45, 7) is 0.954. The van der Waals surface area contributed by atoms with E-state index in [1.165, 1.54) is 22.9 Å². The maximum Gasteiger partial charge on any atom is 0.123 e. The third-order valence-electron chi connectivity index (χ3n) is 4.58. The summed E-state index contributed by atoms with van der Waals surface area (Å²) in [6, 6.07) is 15.9. The number of fused-ring (bicyclic) bond motifs is 3. The molecule has 0 radical (unpaired) electrons. The highest BCUT2D eigenvalue weighted by molar-refractivity contribution is 5.85. The summed E-state index contributed by atoms with van der Waals surface area (Å²) >= 11 is 0. The summed E-state index contributed by atoms with van der Waals surface area (Å²) in [5.41, 5.74) is 4.92. The standard InChI is InChI=1S/C19H19FN2/c20-14-7-9-17-16(12-14)15-10-11-21-18(19(15)22-17)8-6-13-4-2-1-3-5-13/h1-5,7,9,12,18,21-22H,6,8,10-11H2. The lowest BCUT2D eigenvalue weighted by Crippen LogP contribution is -2.30. The van der Waals surface area contributed by atoms with Gasteiger partial charge in [-0.3, -0.25) is 0 Å². The van der Waals surface area contributed by atoms with Crippen molar-refractivity contribution in [1.29, 1.82) is 0 Å². The fourth-order valence-electron chi connectivity index (χ4n) is 3.48. The van der Waals surface area contributed by atoms with Gasteiger partial charge in [0.2, 0.25) is 0 Å². The smallest absolute Gasteiger partial charge is 0.123 e. The van der Waals surface area contributed by atoms with Crippen molar-refractivity contribution >= 4 is 10.9 Å². The number of halogens is 1. The second-order valence-electron chi connectivity index (χ2n) is 5.99. The molecule has 0 saturated carbocycles. The van der Waals surface area contributed by atoms with Crippen LogP contribution >= 0.6 is 0 Å². The van der Waals surface area contributed by atoms with Crippen molar-refractivity contribution in [2.24, 2.45) is 0 Å². The Balaban J connectivity index is 1.63. The van der Waals surface area contributed by atoms with Gasteiger partial charge in [-0.15, -0.1) is 0 Å². The highest BCUT2D eigenvalue weighted by Gasteiger charge is 2.23. The number of hydrogen-bond acceptors (Lipinski definition) is 1. The molecule has 0 saturated heterocycles. The minimum Gasteiger partial charge on any atom is -0.357 e. The maximum atomic E-state index is 13.5. The van der Waals surface area contributed by atoms with E-state index >= 15 is 0 Å². The Kier molecular flexibility index (Phi) is 3.43. The normalized spacial score (nSPS) is 17.6. The molecule has 1 unspecified atom stereocenters. The fraction of sp³-hybridized carbons (Fsp3) is 0.263. The Morgan fingerprint density at radius 1 is 1.09 bits per heavy atom. The van der Waals surface area contributed by atoms with Crippen molar-refractivity contribution < 1.29 is 4.39 Å². The van der Waals surface area contributed by atoms with E-state index in [1.54, 1.807) is 6.07 Å². The van der Waals surface area contributed by atoms with Gasteiger partial charge in [-0.2, -0.15) is 0 Å². The highest BCUT2D eigenvalue weighted by Crippen LogP contribution is 2.32. The molecule has 3 aromatic rings. The number of H-pyrrole nitrogens is 1. The van der Waals surface area contributed by atoms with E-state index < -0.39 is 0 Å². The van der Waals surface area contributed by atoms with Gasteiger partial charge in [-0.1, -0.05) is 30.3 Å². The van der Waals surface area contributed by atoms with Gasteiger partial charge in [-0.05, 0) is 55.1 Å². The number of aromatic nitrogens is 1. The molecular weight excluding hydrogens is 275 g/mol. The van der Waals surface area contributed by atoms with Crippen molar-refractivity contribution in [3.05, 3.63) is 71.2 Å². The van der Waals surface area contributed by atoms with E-state index in [2.05, 4.69) is 34.6 Å². The minimum atomic E-state index is -0.159. The van der Waals surface area contributed by atoms with Gasteiger partial charge < -0.3 is 10.3 Å². The monoisotopic (exact) mass is 294 g/mol. The molecule has 1 aliphatic rings. The number of nitrogens with one attached hydrogen (secondary N) is 2. The number of aryl methyl sites for hydroxylation is 1. The topological polar surface area (TPSA) is 27.8 Å². The molecule has 1 aliphatic heterocycles. The molecule has 1 atom stereocenters. The van der Waals surface area contributed by atoms with Gasteiger partial charge >= 0.3 is 0 Å². The SMILES string of the molecule is Fc1ccc2[nH]c3c(c2c1)CCNC3CCc1ccccc1. The number of hydrogen-bond donors (Lipinski definition) is 2. The van der Waals surface area contributed by atoms with E-state index in [-0.39, 0.29) is 5.82 Å². The minimum absolute atomic E-state index is 0.159. The van der Waals surface area contributed by atoms with Crippen molar-refractivity contribution in [2.75, 3.05) is 6.54 Å². The fourth-order valence-corrected chi connectivity index (χ4v) is 3.48. The zero-order valence-electron chi connectivity index (χ0n) is 12.4. The third kappa shape index (κ3) is 2.42. The van der Waals surface area contributed by atoms with Gasteiger partial charge in [0.05, 0.1) is 0 Å². The van der Waals surface area contributed by atoms with Crippen molar-refractivity contribution in [3.8, 4) is 0 Å². The van der Waals surface area contributed by atoms with Gasteiger partial charge in [0.15, 0.2) is 0 Å². The molecule has 4 rings (SSSR count). The molecule has 2 heterocycles. The lowest BCUT2D eigenvalue weighted by molar-refractivity contribution is 0.468. The maximum absolute atomic E-state index is 13.5. The predicted molar refractivity (Wildman–Crippen MR) is 87.5 cm³/mol. The van der Waals surface area contributed by atoms with E-state index in [4.69, 9.17) is 0 Å². The zero-order valence-corrected chi connectivity index (χ0v) is 12.4. The van der Waals surface area contributed by atoms with E-state index in [0.29, 0.717) is 6.04 Å². The van der Waals surface area contributed by atoms with E-state index in [0.717, 1.165) is 36.7 Å². The lowest BCUT2D eigenvalue weighted by Gasteiger charge is -2.24. The predicted octanol–water partition coefficient (Wildman–Crippen LogP) is 4.13. The highest BCUT2D eigenvalue weighted by atomic mass is 19.1. The Bertz CT molecular complexity index is 792. The van der Waals surface area contributed by atoms with Gasteiger partial charge in [0, 0.05) is 22.6 Å². The molecule has 1 aromatic heterocycles. The Morgan fingerprint density at radius 3 is 2.82 bits per heavy atom. The molecule has 0 spiro atoms. The van der Waals surface area contributed by atoms with Crippen LogP contribution in [0.5, 0.6) is 0 Å². The Labute approximate surface area is 129 Å². The third-order valence-corrected chi connectivity index (χ3v) is 4.58. The van der Waals surface area contributed by atoms with Crippen LogP contribution in [-0.4, -0.2) is 11.5 Å². The molecule has 2 nitrogen and oxygen atoms in total. The Hall–Kier alpha value is -2.13. The van der Waals surface area contributed by atoms with Crippen LogP contribution in [0.3, 0.4) is 0 Å². The van der Waals surface area contributed by atoms with Gasteiger partial charge in [-0.25, -0.2) is 4.39 Å². The molecule has 3 heteroatoms. The average molecular weight is 294 g/mol. The Morgan fingerprint density at radius 2 is 1.95 bits per heavy atom. The molecule has 2 N–H and O–H groups in total. The quantitative estimate of drug-likeness (QED) is 0.747. The molecule has 112 valence electrons. The summed E-state index contributed by atoms with van der Waals surface area (Å²) in [7, 11) is 0. The van der Waals surface area contributed by atoms with Crippen molar-refractivity contribution in [3.63, 3.8) is 0 Å². The average Bonchev–Trinajstić information content (AvgIpc) is 2.92. The summed E-state index contributed by atoms with van der Waals surface area (Å²) in [6.07, 6.45) is 3.05. The first kappa shape index (κ1) is 13.5. The van der Waals surface area contributed by atoms with Gasteiger partial charge in [0.25, 0.3) is 0 Å².